The lowest BCUT2D eigenvalue weighted by atomic mass is 9.93. The van der Waals surface area contributed by atoms with E-state index in [4.69, 9.17) is 0 Å². The summed E-state index contributed by atoms with van der Waals surface area (Å²) in [5, 5.41) is 4.33. The molecular formula is C16H17N5. The van der Waals surface area contributed by atoms with Gasteiger partial charge in [-0.2, -0.15) is 14.6 Å². The Hall–Kier alpha value is -2.43. The molecule has 0 N–H and O–H groups in total. The molecule has 1 unspecified atom stereocenters. The molecule has 0 spiro atoms. The molecule has 5 heteroatoms. The molecule has 0 saturated heterocycles. The second-order valence-corrected chi connectivity index (χ2v) is 5.55. The van der Waals surface area contributed by atoms with Crippen LogP contribution in [0.15, 0.2) is 36.7 Å². The molecule has 1 aliphatic rings. The van der Waals surface area contributed by atoms with E-state index in [1.165, 1.54) is 11.1 Å². The van der Waals surface area contributed by atoms with Crippen LogP contribution in [0.1, 0.15) is 29.8 Å². The van der Waals surface area contributed by atoms with Gasteiger partial charge in [0.1, 0.15) is 12.1 Å². The molecule has 1 aromatic carbocycles. The number of aryl methyl sites for hydroxylation is 1. The first kappa shape index (κ1) is 12.3. The van der Waals surface area contributed by atoms with Gasteiger partial charge in [-0.1, -0.05) is 24.3 Å². The van der Waals surface area contributed by atoms with Gasteiger partial charge in [0.15, 0.2) is 0 Å². The third kappa shape index (κ3) is 1.88. The summed E-state index contributed by atoms with van der Waals surface area (Å²) in [6.07, 6.45) is 2.62. The summed E-state index contributed by atoms with van der Waals surface area (Å²) in [4.78, 5) is 11.0. The van der Waals surface area contributed by atoms with Gasteiger partial charge in [0.25, 0.3) is 5.78 Å². The van der Waals surface area contributed by atoms with Crippen LogP contribution in [0.3, 0.4) is 0 Å². The minimum Gasteiger partial charge on any atom is -0.349 e. The van der Waals surface area contributed by atoms with E-state index in [1.807, 2.05) is 11.4 Å². The summed E-state index contributed by atoms with van der Waals surface area (Å²) < 4.78 is 1.83. The second-order valence-electron chi connectivity index (χ2n) is 5.55. The Morgan fingerprint density at radius 2 is 2.10 bits per heavy atom. The monoisotopic (exact) mass is 279 g/mol. The number of aromatic nitrogens is 4. The van der Waals surface area contributed by atoms with Crippen LogP contribution in [-0.4, -0.2) is 26.1 Å². The Balaban J connectivity index is 1.85. The number of hydrogen-bond donors (Lipinski definition) is 0. The highest BCUT2D eigenvalue weighted by atomic mass is 15.4. The lowest BCUT2D eigenvalue weighted by Crippen LogP contribution is -2.35. The Bertz CT molecular complexity index is 807. The minimum atomic E-state index is 0.323. The number of hydrogen-bond acceptors (Lipinski definition) is 4. The van der Waals surface area contributed by atoms with Crippen molar-refractivity contribution in [1.82, 2.24) is 19.6 Å². The average Bonchev–Trinajstić information content (AvgIpc) is 2.95. The van der Waals surface area contributed by atoms with Gasteiger partial charge in [-0.15, -0.1) is 0 Å². The van der Waals surface area contributed by atoms with Gasteiger partial charge in [-0.3, -0.25) is 0 Å². The van der Waals surface area contributed by atoms with Crippen molar-refractivity contribution >= 4 is 11.6 Å². The Kier molecular flexibility index (Phi) is 2.67. The quantitative estimate of drug-likeness (QED) is 0.687. The van der Waals surface area contributed by atoms with Crippen molar-refractivity contribution < 1.29 is 0 Å². The van der Waals surface area contributed by atoms with Crippen molar-refractivity contribution in [2.75, 3.05) is 11.4 Å². The van der Waals surface area contributed by atoms with E-state index < -0.39 is 0 Å². The fraction of sp³-hybridized carbons (Fsp3) is 0.312. The molecule has 0 amide bonds. The molecule has 3 heterocycles. The smallest absolute Gasteiger partial charge is 0.254 e. The van der Waals surface area contributed by atoms with Gasteiger partial charge in [-0.05, 0) is 31.4 Å². The third-order valence-electron chi connectivity index (χ3n) is 4.25. The maximum Gasteiger partial charge on any atom is 0.254 e. The van der Waals surface area contributed by atoms with Gasteiger partial charge in [-0.25, -0.2) is 4.98 Å². The third-order valence-corrected chi connectivity index (χ3v) is 4.25. The highest BCUT2D eigenvalue weighted by Gasteiger charge is 2.25. The van der Waals surface area contributed by atoms with E-state index in [2.05, 4.69) is 57.2 Å². The van der Waals surface area contributed by atoms with Crippen LogP contribution < -0.4 is 4.90 Å². The molecule has 5 nitrogen and oxygen atoms in total. The summed E-state index contributed by atoms with van der Waals surface area (Å²) in [6.45, 7) is 5.23. The Morgan fingerprint density at radius 1 is 1.24 bits per heavy atom. The minimum absolute atomic E-state index is 0.323. The van der Waals surface area contributed by atoms with Gasteiger partial charge >= 0.3 is 0 Å². The van der Waals surface area contributed by atoms with E-state index in [1.54, 1.807) is 6.33 Å². The van der Waals surface area contributed by atoms with Crippen molar-refractivity contribution in [3.8, 4) is 0 Å². The predicted octanol–water partition coefficient (Wildman–Crippen LogP) is 2.56. The van der Waals surface area contributed by atoms with Crippen LogP contribution in [0.25, 0.3) is 5.78 Å². The highest BCUT2D eigenvalue weighted by Crippen LogP contribution is 2.33. The summed E-state index contributed by atoms with van der Waals surface area (Å²) in [7, 11) is 0. The molecule has 0 bridgehead atoms. The Morgan fingerprint density at radius 3 is 3.00 bits per heavy atom. The normalized spacial score (nSPS) is 18.0. The maximum absolute atomic E-state index is 4.42. The first-order valence-corrected chi connectivity index (χ1v) is 7.26. The summed E-state index contributed by atoms with van der Waals surface area (Å²) >= 11 is 0. The Labute approximate surface area is 123 Å². The number of nitrogens with zero attached hydrogens (tertiary/aromatic N) is 5. The molecule has 1 atom stereocenters. The standard InChI is InChI=1S/C16H17N5/c1-11-9-15(21-16(19-11)17-10-18-21)20-8-7-13-5-3-4-6-14(13)12(20)2/h3-6,9-10,12H,7-8H2,1-2H3. The molecule has 21 heavy (non-hydrogen) atoms. The SMILES string of the molecule is Cc1cc(N2CCc3ccccc3C2C)n2ncnc2n1. The van der Waals surface area contributed by atoms with Crippen LogP contribution >= 0.6 is 0 Å². The van der Waals surface area contributed by atoms with Gasteiger partial charge in [0.2, 0.25) is 0 Å². The van der Waals surface area contributed by atoms with Gasteiger partial charge < -0.3 is 4.90 Å². The van der Waals surface area contributed by atoms with Gasteiger partial charge in [0.05, 0.1) is 6.04 Å². The average molecular weight is 279 g/mol. The molecule has 0 fully saturated rings. The van der Waals surface area contributed by atoms with Crippen LogP contribution in [0.4, 0.5) is 5.82 Å². The second kappa shape index (κ2) is 4.55. The lowest BCUT2D eigenvalue weighted by molar-refractivity contribution is 0.607. The van der Waals surface area contributed by atoms with Crippen LogP contribution in [0.2, 0.25) is 0 Å². The number of fused-ring (bicyclic) bond motifs is 2. The summed E-state index contributed by atoms with van der Waals surface area (Å²) in [6, 6.07) is 11.1. The zero-order chi connectivity index (χ0) is 14.4. The lowest BCUT2D eigenvalue weighted by Gasteiger charge is -2.36. The van der Waals surface area contributed by atoms with E-state index >= 15 is 0 Å². The number of anilines is 1. The maximum atomic E-state index is 4.42. The highest BCUT2D eigenvalue weighted by molar-refractivity contribution is 5.51. The molecule has 0 radical (unpaired) electrons. The van der Waals surface area contributed by atoms with Crippen molar-refractivity contribution in [2.45, 2.75) is 26.3 Å². The first-order valence-electron chi connectivity index (χ1n) is 7.26. The van der Waals surface area contributed by atoms with Crippen molar-refractivity contribution in [1.29, 1.82) is 0 Å². The molecule has 0 aliphatic carbocycles. The van der Waals surface area contributed by atoms with E-state index in [0.29, 0.717) is 11.8 Å². The largest absolute Gasteiger partial charge is 0.349 e. The van der Waals surface area contributed by atoms with E-state index in [9.17, 15) is 0 Å². The fourth-order valence-electron chi connectivity index (χ4n) is 3.20. The summed E-state index contributed by atoms with van der Waals surface area (Å²) in [5.74, 6) is 1.73. The van der Waals surface area contributed by atoms with Crippen molar-refractivity contribution in [3.63, 3.8) is 0 Å². The zero-order valence-electron chi connectivity index (χ0n) is 12.2. The molecule has 1 aliphatic heterocycles. The van der Waals surface area contributed by atoms with Crippen molar-refractivity contribution in [3.05, 3.63) is 53.5 Å². The number of rotatable bonds is 1. The molecule has 3 aromatic rings. The molecule has 0 saturated carbocycles. The van der Waals surface area contributed by atoms with Crippen LogP contribution in [-0.2, 0) is 6.42 Å². The topological polar surface area (TPSA) is 46.3 Å². The van der Waals surface area contributed by atoms with E-state index in [0.717, 1.165) is 24.5 Å². The summed E-state index contributed by atoms with van der Waals surface area (Å²) in [5.41, 5.74) is 3.81. The molecular weight excluding hydrogens is 262 g/mol. The molecule has 4 rings (SSSR count). The van der Waals surface area contributed by atoms with Crippen molar-refractivity contribution in [2.24, 2.45) is 0 Å². The molecule has 106 valence electrons. The van der Waals surface area contributed by atoms with E-state index in [-0.39, 0.29) is 0 Å². The zero-order valence-corrected chi connectivity index (χ0v) is 12.2. The van der Waals surface area contributed by atoms with Crippen LogP contribution in [0, 0.1) is 6.92 Å². The molecule has 2 aromatic heterocycles. The van der Waals surface area contributed by atoms with Gasteiger partial charge in [0, 0.05) is 18.3 Å². The first-order chi connectivity index (χ1) is 10.2. The predicted molar refractivity (Wildman–Crippen MR) is 81.4 cm³/mol. The number of benzene rings is 1. The van der Waals surface area contributed by atoms with Crippen LogP contribution in [0.5, 0.6) is 0 Å². The fourth-order valence-corrected chi connectivity index (χ4v) is 3.20.